The van der Waals surface area contributed by atoms with Crippen LogP contribution in [0.5, 0.6) is 17.2 Å². The second kappa shape index (κ2) is 14.9. The van der Waals surface area contributed by atoms with E-state index in [-0.39, 0.29) is 34.4 Å². The topological polar surface area (TPSA) is 240 Å². The van der Waals surface area contributed by atoms with Crippen LogP contribution in [0.4, 0.5) is 0 Å². The smallest absolute Gasteiger partial charge is 0.323 e. The van der Waals surface area contributed by atoms with Crippen LogP contribution in [-0.2, 0) is 35.0 Å². The Morgan fingerprint density at radius 1 is 1.04 bits per heavy atom. The number of ketones is 3. The molecule has 1 aliphatic heterocycles. The number of benzene rings is 2. The van der Waals surface area contributed by atoms with Crippen LogP contribution in [0, 0.1) is 5.92 Å². The molecule has 1 fully saturated rings. The quantitative estimate of drug-likeness (QED) is 0.0896. The van der Waals surface area contributed by atoms with Gasteiger partial charge in [-0.3, -0.25) is 29.3 Å². The van der Waals surface area contributed by atoms with Gasteiger partial charge >= 0.3 is 11.9 Å². The molecule has 0 spiro atoms. The zero-order valence-electron chi connectivity index (χ0n) is 30.0. The van der Waals surface area contributed by atoms with Gasteiger partial charge in [0.1, 0.15) is 35.0 Å². The monoisotopic (exact) mass is 750 g/mol. The number of nitrogens with zero attached hydrogens (tertiary/aromatic N) is 1. The third-order valence-electron chi connectivity index (χ3n) is 10.3. The molecule has 0 bridgehead atoms. The van der Waals surface area contributed by atoms with Crippen molar-refractivity contribution in [3.05, 3.63) is 76.1 Å². The summed E-state index contributed by atoms with van der Waals surface area (Å²) in [5, 5.41) is 58.3. The Kier molecular flexibility index (Phi) is 10.7. The zero-order chi connectivity index (χ0) is 39.2. The van der Waals surface area contributed by atoms with Gasteiger partial charge in [0.25, 0.3) is 0 Å². The number of hydrogen-bond acceptors (Lipinski definition) is 14. The number of nitrogens with one attached hydrogen (secondary N) is 1. The largest absolute Gasteiger partial charge is 0.507 e. The van der Waals surface area contributed by atoms with Crippen molar-refractivity contribution in [3.63, 3.8) is 0 Å². The van der Waals surface area contributed by atoms with Crippen LogP contribution in [0.25, 0.3) is 0 Å². The summed E-state index contributed by atoms with van der Waals surface area (Å²) in [4.78, 5) is 65.8. The molecule has 0 unspecified atom stereocenters. The molecule has 288 valence electrons. The summed E-state index contributed by atoms with van der Waals surface area (Å²) in [6.45, 7) is 3.39. The number of rotatable bonds is 12. The minimum Gasteiger partial charge on any atom is -0.507 e. The van der Waals surface area contributed by atoms with E-state index in [4.69, 9.17) is 24.1 Å². The molecular weight excluding hydrogens is 708 g/mol. The Labute approximate surface area is 309 Å². The number of aromatic hydroxyl groups is 2. The molecule has 0 radical (unpaired) electrons. The number of methoxy groups -OCH3 is 1. The SMILES string of the molecule is COc1cccc2c1C(=O)c1c(O)c3c(c(O)c1C2=O)C[C@@](O)(C(=O)COC(=O)[C@H](NCC(=O)O)C(C)C)C[C@@H]3O[C@H]1C[C@H](n2cccc2)[C@H](O)[C@H](C)O1. The maximum Gasteiger partial charge on any atom is 0.323 e. The molecule has 1 saturated heterocycles. The van der Waals surface area contributed by atoms with E-state index in [9.17, 15) is 44.4 Å². The molecular formula is C38H42N2O14. The summed E-state index contributed by atoms with van der Waals surface area (Å²) in [6, 6.07) is 6.24. The Morgan fingerprint density at radius 3 is 2.37 bits per heavy atom. The highest BCUT2D eigenvalue weighted by Crippen LogP contribution is 2.53. The fourth-order valence-electron chi connectivity index (χ4n) is 7.56. The fraction of sp³-hybridized carbons (Fsp3) is 0.447. The molecule has 6 N–H and O–H groups in total. The normalized spacial score (nSPS) is 25.4. The number of carbonyl (C=O) groups excluding carboxylic acids is 4. The number of fused-ring (bicyclic) bond motifs is 3. The number of aromatic nitrogens is 1. The summed E-state index contributed by atoms with van der Waals surface area (Å²) in [7, 11) is 1.31. The fourth-order valence-corrected chi connectivity index (χ4v) is 7.56. The minimum atomic E-state index is -2.43. The lowest BCUT2D eigenvalue weighted by atomic mass is 9.72. The lowest BCUT2D eigenvalue weighted by molar-refractivity contribution is -0.254. The first-order valence-electron chi connectivity index (χ1n) is 17.4. The number of carbonyl (C=O) groups is 5. The Balaban J connectivity index is 1.39. The Hall–Kier alpha value is -5.13. The van der Waals surface area contributed by atoms with E-state index in [1.807, 2.05) is 0 Å². The van der Waals surface area contributed by atoms with E-state index in [0.717, 1.165) is 0 Å². The van der Waals surface area contributed by atoms with Crippen LogP contribution in [0.1, 0.15) is 88.7 Å². The number of ether oxygens (including phenoxy) is 4. The molecule has 3 aliphatic rings. The van der Waals surface area contributed by atoms with E-state index in [1.54, 1.807) is 49.9 Å². The molecule has 0 amide bonds. The highest BCUT2D eigenvalue weighted by atomic mass is 16.7. The molecule has 54 heavy (non-hydrogen) atoms. The number of Topliss-reactive ketones (excluding diaryl/α,β-unsaturated/α-hetero) is 1. The summed E-state index contributed by atoms with van der Waals surface area (Å²) in [5.74, 6) is -6.67. The second-order valence-corrected chi connectivity index (χ2v) is 14.1. The molecule has 16 nitrogen and oxygen atoms in total. The van der Waals surface area contributed by atoms with Crippen LogP contribution in [0.15, 0.2) is 42.7 Å². The average molecular weight is 751 g/mol. The van der Waals surface area contributed by atoms with Crippen molar-refractivity contribution in [2.45, 2.75) is 82.3 Å². The van der Waals surface area contributed by atoms with Crippen LogP contribution >= 0.6 is 0 Å². The first kappa shape index (κ1) is 38.6. The molecule has 2 aliphatic carbocycles. The number of aliphatic hydroxyl groups is 2. The van der Waals surface area contributed by atoms with Gasteiger partial charge in [0.2, 0.25) is 11.6 Å². The number of carboxylic acids is 1. The van der Waals surface area contributed by atoms with Gasteiger partial charge in [-0.05, 0) is 31.0 Å². The number of aliphatic hydroxyl groups excluding tert-OH is 1. The third-order valence-corrected chi connectivity index (χ3v) is 10.3. The van der Waals surface area contributed by atoms with Gasteiger partial charge in [0.15, 0.2) is 18.7 Å². The molecule has 2 aromatic carbocycles. The minimum absolute atomic E-state index is 0.0625. The Bertz CT molecular complexity index is 1990. The third kappa shape index (κ3) is 6.86. The van der Waals surface area contributed by atoms with Gasteiger partial charge in [0.05, 0.1) is 48.6 Å². The van der Waals surface area contributed by atoms with Crippen molar-refractivity contribution < 1.29 is 68.5 Å². The van der Waals surface area contributed by atoms with E-state index < -0.39 is 126 Å². The molecule has 2 heterocycles. The van der Waals surface area contributed by atoms with Crippen molar-refractivity contribution >= 4 is 29.3 Å². The molecule has 7 atom stereocenters. The molecule has 0 saturated carbocycles. The van der Waals surface area contributed by atoms with E-state index in [0.29, 0.717) is 0 Å². The zero-order valence-corrected chi connectivity index (χ0v) is 30.0. The van der Waals surface area contributed by atoms with Crippen molar-refractivity contribution in [1.29, 1.82) is 0 Å². The Morgan fingerprint density at radius 2 is 1.72 bits per heavy atom. The van der Waals surface area contributed by atoms with Crippen LogP contribution in [-0.4, -0.2) is 110 Å². The number of hydrogen-bond donors (Lipinski definition) is 6. The van der Waals surface area contributed by atoms with E-state index in [2.05, 4.69) is 5.32 Å². The summed E-state index contributed by atoms with van der Waals surface area (Å²) >= 11 is 0. The van der Waals surface area contributed by atoms with Gasteiger partial charge in [0, 0.05) is 48.3 Å². The highest BCUT2D eigenvalue weighted by Gasteiger charge is 2.51. The van der Waals surface area contributed by atoms with Gasteiger partial charge in [-0.2, -0.15) is 0 Å². The van der Waals surface area contributed by atoms with Gasteiger partial charge in [-0.15, -0.1) is 0 Å². The van der Waals surface area contributed by atoms with Crippen molar-refractivity contribution in [2.24, 2.45) is 5.92 Å². The van der Waals surface area contributed by atoms with Crippen LogP contribution < -0.4 is 10.1 Å². The van der Waals surface area contributed by atoms with Gasteiger partial charge < -0.3 is 49.0 Å². The molecule has 16 heteroatoms. The van der Waals surface area contributed by atoms with Crippen molar-refractivity contribution in [2.75, 3.05) is 20.3 Å². The highest BCUT2D eigenvalue weighted by molar-refractivity contribution is 6.31. The molecule has 1 aromatic heterocycles. The summed E-state index contributed by atoms with van der Waals surface area (Å²) in [6.07, 6.45) is -2.00. The number of carboxylic acid groups (broad SMARTS) is 1. The van der Waals surface area contributed by atoms with E-state index >= 15 is 0 Å². The number of phenols is 2. The summed E-state index contributed by atoms with van der Waals surface area (Å²) < 4.78 is 24.7. The molecule has 6 rings (SSSR count). The predicted molar refractivity (Wildman–Crippen MR) is 185 cm³/mol. The van der Waals surface area contributed by atoms with E-state index in [1.165, 1.54) is 25.3 Å². The van der Waals surface area contributed by atoms with Crippen molar-refractivity contribution in [1.82, 2.24) is 9.88 Å². The lowest BCUT2D eigenvalue weighted by Gasteiger charge is -2.43. The first-order chi connectivity index (χ1) is 25.6. The lowest BCUT2D eigenvalue weighted by Crippen LogP contribution is -2.50. The average Bonchev–Trinajstić information content (AvgIpc) is 3.66. The standard InChI is InChI=1S/C38H42N2O14/c1-17(2)31(39-15-25(42)43)37(49)52-16-24(41)38(50)13-20-28(23(14-38)54-26-12-21(32(44)18(3)53-26)40-10-5-6-11-40)36(48)30-29(34(20)46)33(45)19-8-7-9-22(51-4)27(19)35(30)47/h5-11,17-18,21,23,26,31-32,39,44,46,48,50H,12-16H2,1-4H3,(H,42,43)/t18-,21-,23-,26-,31+,32+,38-/m0/s1. The van der Waals surface area contributed by atoms with Gasteiger partial charge in [-0.1, -0.05) is 26.0 Å². The number of esters is 1. The molecule has 3 aromatic rings. The number of aliphatic carboxylic acids is 1. The predicted octanol–water partition coefficient (Wildman–Crippen LogP) is 1.97. The van der Waals surface area contributed by atoms with Crippen molar-refractivity contribution in [3.8, 4) is 17.2 Å². The maximum atomic E-state index is 14.0. The van der Waals surface area contributed by atoms with Crippen LogP contribution in [0.2, 0.25) is 0 Å². The van der Waals surface area contributed by atoms with Crippen LogP contribution in [0.3, 0.4) is 0 Å². The number of phenolic OH excluding ortho intramolecular Hbond substituents is 2. The van der Waals surface area contributed by atoms with Gasteiger partial charge in [-0.25, -0.2) is 0 Å². The second-order valence-electron chi connectivity index (χ2n) is 14.1. The maximum absolute atomic E-state index is 14.0. The summed E-state index contributed by atoms with van der Waals surface area (Å²) in [5.41, 5.74) is -4.14. The first-order valence-corrected chi connectivity index (χ1v) is 17.4.